The minimum absolute atomic E-state index is 0.0706. The van der Waals surface area contributed by atoms with Gasteiger partial charge in [0.05, 0.1) is 34.5 Å². The number of amides is 1. The van der Waals surface area contributed by atoms with E-state index in [4.69, 9.17) is 9.47 Å². The molecule has 2 heterocycles. The monoisotopic (exact) mass is 525 g/mol. The predicted octanol–water partition coefficient (Wildman–Crippen LogP) is 3.51. The van der Waals surface area contributed by atoms with Gasteiger partial charge in [0.15, 0.2) is 6.10 Å². The van der Waals surface area contributed by atoms with Gasteiger partial charge >= 0.3 is 4.87 Å². The van der Waals surface area contributed by atoms with Gasteiger partial charge in [-0.15, -0.1) is 0 Å². The van der Waals surface area contributed by atoms with Gasteiger partial charge in [0.25, 0.3) is 15.9 Å². The number of carbonyl (C=O) groups is 1. The third-order valence-electron chi connectivity index (χ3n) is 5.98. The van der Waals surface area contributed by atoms with Gasteiger partial charge in [-0.3, -0.25) is 13.9 Å². The number of hydrogen-bond acceptors (Lipinski definition) is 7. The summed E-state index contributed by atoms with van der Waals surface area (Å²) in [5, 5.41) is 2.79. The molecule has 0 saturated heterocycles. The molecule has 9 nitrogen and oxygen atoms in total. The van der Waals surface area contributed by atoms with Gasteiger partial charge in [-0.1, -0.05) is 17.4 Å². The number of fused-ring (bicyclic) bond motifs is 2. The highest BCUT2D eigenvalue weighted by molar-refractivity contribution is 7.92. The molecule has 1 aliphatic rings. The third kappa shape index (κ3) is 4.20. The molecule has 0 aliphatic carbocycles. The number of ether oxygens (including phenoxy) is 2. The summed E-state index contributed by atoms with van der Waals surface area (Å²) in [6, 6.07) is 16.4. The van der Waals surface area contributed by atoms with Crippen molar-refractivity contribution in [3.8, 4) is 11.5 Å². The maximum absolute atomic E-state index is 13.6. The average molecular weight is 526 g/mol. The summed E-state index contributed by atoms with van der Waals surface area (Å²) < 4.78 is 41.8. The summed E-state index contributed by atoms with van der Waals surface area (Å²) in [5.41, 5.74) is 2.46. The van der Waals surface area contributed by atoms with E-state index in [1.807, 2.05) is 6.92 Å². The van der Waals surface area contributed by atoms with E-state index in [1.165, 1.54) is 28.1 Å². The Morgan fingerprint density at radius 1 is 1.11 bits per heavy atom. The molecule has 36 heavy (non-hydrogen) atoms. The summed E-state index contributed by atoms with van der Waals surface area (Å²) in [6.07, 6.45) is -1.10. The van der Waals surface area contributed by atoms with Crippen LogP contribution in [0.5, 0.6) is 11.5 Å². The zero-order valence-corrected chi connectivity index (χ0v) is 21.4. The second-order valence-electron chi connectivity index (χ2n) is 8.39. The van der Waals surface area contributed by atoms with Gasteiger partial charge in [0, 0.05) is 12.7 Å². The number of carbonyl (C=O) groups excluding carboxylic acids is 1. The Morgan fingerprint density at radius 2 is 1.86 bits per heavy atom. The SMILES string of the molecule is COc1ccc(S(=O)(=O)N2C[C@H](C(=O)Nc3ccc4c(c3)sc(=O)n4C)Oc3ccc(C)cc32)cc1. The van der Waals surface area contributed by atoms with E-state index in [2.05, 4.69) is 5.32 Å². The van der Waals surface area contributed by atoms with Crippen LogP contribution in [0.4, 0.5) is 11.4 Å². The Labute approximate surface area is 211 Å². The van der Waals surface area contributed by atoms with Crippen LogP contribution >= 0.6 is 11.3 Å². The summed E-state index contributed by atoms with van der Waals surface area (Å²) in [7, 11) is -0.815. The lowest BCUT2D eigenvalue weighted by Gasteiger charge is -2.35. The molecule has 1 atom stereocenters. The minimum Gasteiger partial charge on any atom is -0.497 e. The Bertz CT molecular complexity index is 1640. The molecule has 1 N–H and O–H groups in total. The van der Waals surface area contributed by atoms with E-state index in [1.54, 1.807) is 55.6 Å². The minimum atomic E-state index is -4.01. The lowest BCUT2D eigenvalue weighted by molar-refractivity contribution is -0.122. The van der Waals surface area contributed by atoms with Crippen LogP contribution in [0.25, 0.3) is 10.2 Å². The molecule has 0 fully saturated rings. The lowest BCUT2D eigenvalue weighted by atomic mass is 10.1. The number of rotatable bonds is 5. The van der Waals surface area contributed by atoms with Crippen LogP contribution in [0.15, 0.2) is 70.4 Å². The maximum atomic E-state index is 13.6. The molecule has 4 aromatic rings. The highest BCUT2D eigenvalue weighted by Crippen LogP contribution is 2.38. The standard InChI is InChI=1S/C25H23N3O6S2/c1-15-4-11-21-20(12-15)28(36(31,32)18-8-6-17(33-3)7-9-18)14-22(34-21)24(29)26-16-5-10-19-23(13-16)35-25(30)27(19)2/h4-13,22H,14H2,1-3H3,(H,26,29)/t22-/m1/s1. The molecule has 0 bridgehead atoms. The molecule has 0 unspecified atom stereocenters. The molecule has 1 aliphatic heterocycles. The van der Waals surface area contributed by atoms with Crippen molar-refractivity contribution < 1.29 is 22.7 Å². The third-order valence-corrected chi connectivity index (χ3v) is 8.77. The van der Waals surface area contributed by atoms with E-state index >= 15 is 0 Å². The van der Waals surface area contributed by atoms with Crippen molar-refractivity contribution in [3.05, 3.63) is 75.9 Å². The molecular weight excluding hydrogens is 502 g/mol. The van der Waals surface area contributed by atoms with Crippen molar-refractivity contribution in [3.63, 3.8) is 0 Å². The molecule has 186 valence electrons. The van der Waals surface area contributed by atoms with E-state index < -0.39 is 22.0 Å². The molecular formula is C25H23N3O6S2. The molecule has 0 radical (unpaired) electrons. The number of aromatic nitrogens is 1. The highest BCUT2D eigenvalue weighted by atomic mass is 32.2. The Hall–Kier alpha value is -3.83. The molecule has 0 spiro atoms. The molecule has 1 aromatic heterocycles. The molecule has 5 rings (SSSR count). The zero-order chi connectivity index (χ0) is 25.6. The number of benzene rings is 3. The van der Waals surface area contributed by atoms with Gasteiger partial charge in [-0.2, -0.15) is 0 Å². The van der Waals surface area contributed by atoms with Crippen molar-refractivity contribution in [1.29, 1.82) is 0 Å². The van der Waals surface area contributed by atoms with E-state index in [-0.39, 0.29) is 16.3 Å². The number of anilines is 2. The van der Waals surface area contributed by atoms with Gasteiger partial charge in [0.2, 0.25) is 0 Å². The first kappa shape index (κ1) is 23.9. The molecule has 11 heteroatoms. The summed E-state index contributed by atoms with van der Waals surface area (Å²) >= 11 is 1.08. The normalized spacial score (nSPS) is 15.3. The van der Waals surface area contributed by atoms with Crippen molar-refractivity contribution in [2.24, 2.45) is 7.05 Å². The Balaban J connectivity index is 1.47. The van der Waals surface area contributed by atoms with Gasteiger partial charge in [0.1, 0.15) is 11.5 Å². The number of thiazole rings is 1. The second kappa shape index (κ2) is 8.99. The average Bonchev–Trinajstić information content (AvgIpc) is 3.15. The summed E-state index contributed by atoms with van der Waals surface area (Å²) in [4.78, 5) is 25.1. The van der Waals surface area contributed by atoms with Crippen LogP contribution in [-0.4, -0.2) is 38.7 Å². The summed E-state index contributed by atoms with van der Waals surface area (Å²) in [5.74, 6) is 0.324. The van der Waals surface area contributed by atoms with Crippen LogP contribution in [0, 0.1) is 6.92 Å². The first-order valence-corrected chi connectivity index (χ1v) is 13.3. The number of nitrogens with one attached hydrogen (secondary N) is 1. The summed E-state index contributed by atoms with van der Waals surface area (Å²) in [6.45, 7) is 1.64. The number of aryl methyl sites for hydroxylation is 2. The largest absolute Gasteiger partial charge is 0.497 e. The smallest absolute Gasteiger partial charge is 0.307 e. The Morgan fingerprint density at radius 3 is 2.58 bits per heavy atom. The highest BCUT2D eigenvalue weighted by Gasteiger charge is 2.37. The van der Waals surface area contributed by atoms with Gasteiger partial charge in [-0.25, -0.2) is 8.42 Å². The fourth-order valence-corrected chi connectivity index (χ4v) is 6.42. The van der Waals surface area contributed by atoms with Crippen LogP contribution in [0.3, 0.4) is 0 Å². The van der Waals surface area contributed by atoms with Crippen LogP contribution in [-0.2, 0) is 21.9 Å². The first-order valence-electron chi connectivity index (χ1n) is 11.0. The Kier molecular flexibility index (Phi) is 5.97. The van der Waals surface area contributed by atoms with Crippen LogP contribution in [0.1, 0.15) is 5.56 Å². The lowest BCUT2D eigenvalue weighted by Crippen LogP contribution is -2.48. The fraction of sp³-hybridized carbons (Fsp3) is 0.200. The maximum Gasteiger partial charge on any atom is 0.307 e. The number of methoxy groups -OCH3 is 1. The van der Waals surface area contributed by atoms with Gasteiger partial charge in [-0.05, 0) is 67.1 Å². The van der Waals surface area contributed by atoms with Crippen molar-refractivity contribution >= 4 is 48.9 Å². The number of sulfonamides is 1. The number of hydrogen-bond donors (Lipinski definition) is 1. The van der Waals surface area contributed by atoms with E-state index in [0.29, 0.717) is 22.9 Å². The zero-order valence-electron chi connectivity index (χ0n) is 19.7. The van der Waals surface area contributed by atoms with E-state index in [9.17, 15) is 18.0 Å². The predicted molar refractivity (Wildman–Crippen MR) is 139 cm³/mol. The fourth-order valence-electron chi connectivity index (χ4n) is 4.03. The van der Waals surface area contributed by atoms with E-state index in [0.717, 1.165) is 27.1 Å². The quantitative estimate of drug-likeness (QED) is 0.427. The van der Waals surface area contributed by atoms with Crippen LogP contribution in [0.2, 0.25) is 0 Å². The van der Waals surface area contributed by atoms with Crippen molar-refractivity contribution in [2.75, 3.05) is 23.3 Å². The molecule has 3 aromatic carbocycles. The van der Waals surface area contributed by atoms with Crippen molar-refractivity contribution in [1.82, 2.24) is 4.57 Å². The first-order chi connectivity index (χ1) is 17.2. The second-order valence-corrected chi connectivity index (χ2v) is 11.2. The molecule has 0 saturated carbocycles. The van der Waals surface area contributed by atoms with Crippen molar-refractivity contribution in [2.45, 2.75) is 17.9 Å². The topological polar surface area (TPSA) is 107 Å². The van der Waals surface area contributed by atoms with Crippen LogP contribution < -0.4 is 24.0 Å². The molecule has 1 amide bonds. The number of nitrogens with zero attached hydrogens (tertiary/aromatic N) is 2. The van der Waals surface area contributed by atoms with Gasteiger partial charge < -0.3 is 19.4 Å².